The molecule has 0 aliphatic carbocycles. The van der Waals surface area contributed by atoms with Crippen LogP contribution in [0.25, 0.3) is 0 Å². The molecule has 1 fully saturated rings. The smallest absolute Gasteiger partial charge is 0.410 e. The summed E-state index contributed by atoms with van der Waals surface area (Å²) in [7, 11) is 0. The third-order valence-electron chi connectivity index (χ3n) is 3.59. The van der Waals surface area contributed by atoms with Crippen molar-refractivity contribution in [2.75, 3.05) is 6.54 Å². The molecule has 2 atom stereocenters. The summed E-state index contributed by atoms with van der Waals surface area (Å²) in [5.41, 5.74) is 0.00687. The summed E-state index contributed by atoms with van der Waals surface area (Å²) in [5, 5.41) is 8.61. The molecule has 0 aromatic rings. The van der Waals surface area contributed by atoms with Gasteiger partial charge in [0.15, 0.2) is 0 Å². The van der Waals surface area contributed by atoms with Crippen LogP contribution < -0.4 is 0 Å². The lowest BCUT2D eigenvalue weighted by Crippen LogP contribution is -2.50. The maximum atomic E-state index is 11.9. The number of cyclic esters (lactones) is 1. The Morgan fingerprint density at radius 3 is 2.61 bits per heavy atom. The molecule has 0 aromatic carbocycles. The van der Waals surface area contributed by atoms with Crippen molar-refractivity contribution in [2.24, 2.45) is 5.41 Å². The maximum absolute atomic E-state index is 11.9. The molecule has 0 saturated carbocycles. The van der Waals surface area contributed by atoms with Crippen molar-refractivity contribution in [3.8, 4) is 0 Å². The fraction of sp³-hybridized carbons (Fsp3) is 0.846. The van der Waals surface area contributed by atoms with E-state index in [2.05, 4.69) is 20.8 Å². The van der Waals surface area contributed by atoms with Gasteiger partial charge in [0.05, 0.1) is 0 Å². The number of nitrogens with zero attached hydrogens (tertiary/aromatic N) is 1. The van der Waals surface area contributed by atoms with Crippen molar-refractivity contribution in [1.82, 2.24) is 4.90 Å². The van der Waals surface area contributed by atoms with E-state index in [1.807, 2.05) is 6.92 Å². The van der Waals surface area contributed by atoms with E-state index < -0.39 is 5.97 Å². The van der Waals surface area contributed by atoms with Crippen molar-refractivity contribution < 1.29 is 19.4 Å². The Kier molecular flexibility index (Phi) is 4.59. The summed E-state index contributed by atoms with van der Waals surface area (Å²) in [6.45, 7) is 8.91. The molecule has 1 rings (SSSR count). The first kappa shape index (κ1) is 14.8. The monoisotopic (exact) mass is 257 g/mol. The molecular formula is C13H23NO4. The van der Waals surface area contributed by atoms with Crippen LogP contribution in [0.1, 0.15) is 47.0 Å². The quantitative estimate of drug-likeness (QED) is 0.840. The number of carbonyl (C=O) groups is 2. The van der Waals surface area contributed by atoms with E-state index in [-0.39, 0.29) is 30.1 Å². The van der Waals surface area contributed by atoms with Crippen LogP contribution >= 0.6 is 0 Å². The molecular weight excluding hydrogens is 234 g/mol. The van der Waals surface area contributed by atoms with Gasteiger partial charge in [-0.1, -0.05) is 20.8 Å². The molecule has 1 aliphatic rings. The molecule has 2 unspecified atom stereocenters. The highest BCUT2D eigenvalue weighted by atomic mass is 16.6. The van der Waals surface area contributed by atoms with Crippen LogP contribution in [-0.4, -0.2) is 40.8 Å². The molecule has 0 radical (unpaired) electrons. The number of hydrogen-bond donors (Lipinski definition) is 1. The largest absolute Gasteiger partial charge is 0.481 e. The predicted octanol–water partition coefficient (Wildman–Crippen LogP) is 2.50. The average Bonchev–Trinajstić information content (AvgIpc) is 2.24. The zero-order valence-corrected chi connectivity index (χ0v) is 11.6. The Morgan fingerprint density at radius 2 is 2.17 bits per heavy atom. The molecule has 1 saturated heterocycles. The molecule has 1 N–H and O–H groups in total. The zero-order chi connectivity index (χ0) is 13.9. The molecule has 5 nitrogen and oxygen atoms in total. The van der Waals surface area contributed by atoms with E-state index in [1.54, 1.807) is 4.90 Å². The zero-order valence-electron chi connectivity index (χ0n) is 11.6. The second kappa shape index (κ2) is 5.59. The minimum atomic E-state index is -0.850. The number of carbonyl (C=O) groups excluding carboxylic acids is 1. The second-order valence-corrected chi connectivity index (χ2v) is 5.96. The summed E-state index contributed by atoms with van der Waals surface area (Å²) in [6.07, 6.45) is 0.585. The van der Waals surface area contributed by atoms with E-state index in [0.717, 1.165) is 0 Å². The number of carboxylic acids is 1. The third kappa shape index (κ3) is 3.89. The summed E-state index contributed by atoms with van der Waals surface area (Å²) in [4.78, 5) is 24.1. The number of carboxylic acid groups (broad SMARTS) is 1. The Labute approximate surface area is 108 Å². The maximum Gasteiger partial charge on any atom is 0.410 e. The number of rotatable bonds is 4. The molecule has 1 aliphatic heterocycles. The normalized spacial score (nSPS) is 22.6. The number of amides is 1. The summed E-state index contributed by atoms with van der Waals surface area (Å²) in [6, 6.07) is 0.102. The lowest BCUT2D eigenvalue weighted by molar-refractivity contribution is -0.137. The Balaban J connectivity index is 2.51. The molecule has 0 bridgehead atoms. The van der Waals surface area contributed by atoms with Crippen molar-refractivity contribution in [2.45, 2.75) is 59.1 Å². The highest BCUT2D eigenvalue weighted by Crippen LogP contribution is 2.27. The van der Waals surface area contributed by atoms with Crippen molar-refractivity contribution >= 4 is 12.1 Å². The topological polar surface area (TPSA) is 66.8 Å². The Hall–Kier alpha value is -1.26. The average molecular weight is 257 g/mol. The lowest BCUT2D eigenvalue weighted by Gasteiger charge is -2.41. The Morgan fingerprint density at radius 1 is 1.56 bits per heavy atom. The van der Waals surface area contributed by atoms with Gasteiger partial charge in [-0.2, -0.15) is 0 Å². The first-order chi connectivity index (χ1) is 8.21. The first-order valence-corrected chi connectivity index (χ1v) is 6.41. The standard InChI is InChI=1S/C13H23NO4/c1-9(13(2,3)4)14-8-7-10(18-12(14)17)5-6-11(15)16/h9-10H,5-8H2,1-4H3,(H,15,16). The highest BCUT2D eigenvalue weighted by molar-refractivity contribution is 5.69. The van der Waals surface area contributed by atoms with E-state index in [0.29, 0.717) is 19.4 Å². The van der Waals surface area contributed by atoms with Crippen molar-refractivity contribution in [1.29, 1.82) is 0 Å². The fourth-order valence-electron chi connectivity index (χ4n) is 1.95. The third-order valence-corrected chi connectivity index (χ3v) is 3.59. The van der Waals surface area contributed by atoms with E-state index in [9.17, 15) is 9.59 Å². The van der Waals surface area contributed by atoms with Gasteiger partial charge in [0, 0.05) is 25.4 Å². The van der Waals surface area contributed by atoms with Crippen LogP contribution in [0.15, 0.2) is 0 Å². The van der Waals surface area contributed by atoms with Crippen LogP contribution in [0.2, 0.25) is 0 Å². The molecule has 5 heteroatoms. The summed E-state index contributed by atoms with van der Waals surface area (Å²) >= 11 is 0. The number of hydrogen-bond acceptors (Lipinski definition) is 3. The molecule has 1 heterocycles. The van der Waals surface area contributed by atoms with Gasteiger partial charge in [0.2, 0.25) is 0 Å². The fourth-order valence-corrected chi connectivity index (χ4v) is 1.95. The molecule has 0 aromatic heterocycles. The van der Waals surface area contributed by atoms with Crippen LogP contribution in [-0.2, 0) is 9.53 Å². The minimum absolute atomic E-state index is 0.00687. The van der Waals surface area contributed by atoms with Gasteiger partial charge in [0.25, 0.3) is 0 Å². The second-order valence-electron chi connectivity index (χ2n) is 5.96. The van der Waals surface area contributed by atoms with Crippen molar-refractivity contribution in [3.63, 3.8) is 0 Å². The molecule has 0 spiro atoms. The van der Waals surface area contributed by atoms with Crippen LogP contribution in [0.5, 0.6) is 0 Å². The van der Waals surface area contributed by atoms with Gasteiger partial charge < -0.3 is 14.7 Å². The van der Waals surface area contributed by atoms with Crippen LogP contribution in [0.4, 0.5) is 4.79 Å². The molecule has 1 amide bonds. The van der Waals surface area contributed by atoms with Gasteiger partial charge in [0.1, 0.15) is 6.10 Å². The highest BCUT2D eigenvalue weighted by Gasteiger charge is 2.35. The lowest BCUT2D eigenvalue weighted by atomic mass is 9.86. The SMILES string of the molecule is CC(N1CCC(CCC(=O)O)OC1=O)C(C)(C)C. The number of ether oxygens (including phenoxy) is 1. The molecule has 104 valence electrons. The molecule has 18 heavy (non-hydrogen) atoms. The first-order valence-electron chi connectivity index (χ1n) is 6.41. The summed E-state index contributed by atoms with van der Waals surface area (Å²) < 4.78 is 5.29. The van der Waals surface area contributed by atoms with Crippen molar-refractivity contribution in [3.05, 3.63) is 0 Å². The van der Waals surface area contributed by atoms with Gasteiger partial charge >= 0.3 is 12.1 Å². The van der Waals surface area contributed by atoms with Gasteiger partial charge in [-0.15, -0.1) is 0 Å². The van der Waals surface area contributed by atoms with Crippen LogP contribution in [0, 0.1) is 5.41 Å². The van der Waals surface area contributed by atoms with Gasteiger partial charge in [-0.25, -0.2) is 4.79 Å². The van der Waals surface area contributed by atoms with E-state index in [4.69, 9.17) is 9.84 Å². The Bertz CT molecular complexity index is 321. The summed E-state index contributed by atoms with van der Waals surface area (Å²) in [5.74, 6) is -0.850. The van der Waals surface area contributed by atoms with Gasteiger partial charge in [-0.05, 0) is 18.8 Å². The minimum Gasteiger partial charge on any atom is -0.481 e. The number of aliphatic carboxylic acids is 1. The van der Waals surface area contributed by atoms with E-state index in [1.165, 1.54) is 0 Å². The predicted molar refractivity (Wildman–Crippen MR) is 67.4 cm³/mol. The van der Waals surface area contributed by atoms with Gasteiger partial charge in [-0.3, -0.25) is 4.79 Å². The van der Waals surface area contributed by atoms with E-state index >= 15 is 0 Å². The van der Waals surface area contributed by atoms with Crippen LogP contribution in [0.3, 0.4) is 0 Å².